The predicted molar refractivity (Wildman–Crippen MR) is 170 cm³/mol. The molecule has 1 saturated heterocycles. The summed E-state index contributed by atoms with van der Waals surface area (Å²) in [4.78, 5) is 28.8. The van der Waals surface area contributed by atoms with Crippen LogP contribution >= 0.6 is 0 Å². The van der Waals surface area contributed by atoms with E-state index in [2.05, 4.69) is 0 Å². The van der Waals surface area contributed by atoms with Gasteiger partial charge in [-0.1, -0.05) is 48.0 Å². The second-order valence-corrected chi connectivity index (χ2v) is 13.2. The summed E-state index contributed by atoms with van der Waals surface area (Å²) in [6, 6.07) is 26.7. The SMILES string of the molecule is COc1ccc(-c2cccc(C(=O)N(C)C)c2)cc1S(=O)(=O)Cc1cccc(O[C@H]2CCN(C(=O)c3cccc(C)c3)C2)c1. The van der Waals surface area contributed by atoms with E-state index < -0.39 is 9.84 Å². The molecule has 0 radical (unpaired) electrons. The smallest absolute Gasteiger partial charge is 0.253 e. The second-order valence-electron chi connectivity index (χ2n) is 11.2. The van der Waals surface area contributed by atoms with E-state index in [1.165, 1.54) is 12.0 Å². The monoisotopic (exact) mass is 612 g/mol. The van der Waals surface area contributed by atoms with Crippen molar-refractivity contribution in [3.05, 3.63) is 113 Å². The maximum Gasteiger partial charge on any atom is 0.253 e. The Bertz CT molecular complexity index is 1800. The van der Waals surface area contributed by atoms with Crippen LogP contribution in [0.25, 0.3) is 11.1 Å². The van der Waals surface area contributed by atoms with Gasteiger partial charge >= 0.3 is 0 Å². The van der Waals surface area contributed by atoms with E-state index in [1.807, 2.05) is 37.3 Å². The second kappa shape index (κ2) is 12.9. The third kappa shape index (κ3) is 6.94. The van der Waals surface area contributed by atoms with Crippen molar-refractivity contribution >= 4 is 21.7 Å². The summed E-state index contributed by atoms with van der Waals surface area (Å²) < 4.78 is 39.1. The summed E-state index contributed by atoms with van der Waals surface area (Å²) in [5, 5.41) is 0. The van der Waals surface area contributed by atoms with E-state index >= 15 is 0 Å². The van der Waals surface area contributed by atoms with Gasteiger partial charge in [-0.05, 0) is 72.1 Å². The van der Waals surface area contributed by atoms with Crippen molar-refractivity contribution in [3.63, 3.8) is 0 Å². The first-order valence-electron chi connectivity index (χ1n) is 14.4. The van der Waals surface area contributed by atoms with Gasteiger partial charge < -0.3 is 19.3 Å². The van der Waals surface area contributed by atoms with Gasteiger partial charge in [-0.3, -0.25) is 9.59 Å². The molecule has 4 aromatic carbocycles. The summed E-state index contributed by atoms with van der Waals surface area (Å²) >= 11 is 0. The number of likely N-dealkylation sites (tertiary alicyclic amines) is 1. The highest BCUT2D eigenvalue weighted by Crippen LogP contribution is 2.33. The van der Waals surface area contributed by atoms with Crippen LogP contribution in [0.4, 0.5) is 0 Å². The van der Waals surface area contributed by atoms with Gasteiger partial charge in [0.2, 0.25) is 0 Å². The topological polar surface area (TPSA) is 93.2 Å². The number of carbonyl (C=O) groups excluding carboxylic acids is 2. The standard InChI is InChI=1S/C35H36N2O6S/c1-24-8-5-11-28(18-24)35(39)37-17-16-31(22-37)43-30-13-6-9-25(19-30)23-44(40,41)33-21-27(14-15-32(33)42-4)26-10-7-12-29(20-26)34(38)36(2)3/h5-15,18-21,31H,16-17,22-23H2,1-4H3/t31-/m0/s1. The molecule has 0 saturated carbocycles. The molecule has 8 nitrogen and oxygen atoms in total. The zero-order valence-electron chi connectivity index (χ0n) is 25.3. The first kappa shape index (κ1) is 30.8. The minimum absolute atomic E-state index is 0.0214. The Morgan fingerprint density at radius 3 is 2.36 bits per heavy atom. The molecule has 1 atom stereocenters. The van der Waals surface area contributed by atoms with Crippen LogP contribution in [0.2, 0.25) is 0 Å². The number of ether oxygens (including phenoxy) is 2. The minimum atomic E-state index is -3.83. The molecular weight excluding hydrogens is 576 g/mol. The summed E-state index contributed by atoms with van der Waals surface area (Å²) in [6.45, 7) is 3.01. The van der Waals surface area contributed by atoms with Crippen LogP contribution < -0.4 is 9.47 Å². The number of rotatable bonds is 9. The predicted octanol–water partition coefficient (Wildman–Crippen LogP) is 5.64. The van der Waals surface area contributed by atoms with Gasteiger partial charge in [0.25, 0.3) is 11.8 Å². The molecule has 0 bridgehead atoms. The molecule has 1 aliphatic heterocycles. The van der Waals surface area contributed by atoms with Crippen molar-refractivity contribution in [1.82, 2.24) is 9.80 Å². The van der Waals surface area contributed by atoms with Crippen molar-refractivity contribution in [2.45, 2.75) is 30.1 Å². The fourth-order valence-corrected chi connectivity index (χ4v) is 6.90. The first-order chi connectivity index (χ1) is 21.0. The van der Waals surface area contributed by atoms with Crippen molar-refractivity contribution < 1.29 is 27.5 Å². The fraction of sp³-hybridized carbons (Fsp3) is 0.257. The maximum atomic E-state index is 13.7. The summed E-state index contributed by atoms with van der Waals surface area (Å²) in [6.07, 6.45) is 0.494. The Morgan fingerprint density at radius 2 is 1.61 bits per heavy atom. The Labute approximate surface area is 258 Å². The van der Waals surface area contributed by atoms with Crippen LogP contribution in [-0.4, -0.2) is 70.4 Å². The summed E-state index contributed by atoms with van der Waals surface area (Å²) in [7, 11) is 0.972. The Morgan fingerprint density at radius 1 is 0.886 bits per heavy atom. The molecule has 1 aliphatic rings. The summed E-state index contributed by atoms with van der Waals surface area (Å²) in [5.74, 6) is 0.373. The lowest BCUT2D eigenvalue weighted by atomic mass is 10.0. The molecule has 44 heavy (non-hydrogen) atoms. The van der Waals surface area contributed by atoms with Crippen LogP contribution in [0, 0.1) is 6.92 Å². The molecule has 1 heterocycles. The number of sulfone groups is 1. The Hall–Kier alpha value is -4.63. The van der Waals surface area contributed by atoms with E-state index in [0.717, 1.165) is 11.1 Å². The molecular formula is C35H36N2O6S. The Balaban J connectivity index is 1.31. The van der Waals surface area contributed by atoms with Gasteiger partial charge in [0, 0.05) is 38.2 Å². The van der Waals surface area contributed by atoms with Crippen molar-refractivity contribution in [2.24, 2.45) is 0 Å². The van der Waals surface area contributed by atoms with Crippen LogP contribution in [-0.2, 0) is 15.6 Å². The van der Waals surface area contributed by atoms with E-state index in [1.54, 1.807) is 79.7 Å². The highest BCUT2D eigenvalue weighted by Gasteiger charge is 2.29. The van der Waals surface area contributed by atoms with Crippen LogP contribution in [0.1, 0.15) is 38.3 Å². The molecule has 0 aromatic heterocycles. The number of benzene rings is 4. The van der Waals surface area contributed by atoms with Crippen molar-refractivity contribution in [1.29, 1.82) is 0 Å². The number of hydrogen-bond donors (Lipinski definition) is 0. The highest BCUT2D eigenvalue weighted by molar-refractivity contribution is 7.90. The molecule has 2 amide bonds. The number of carbonyl (C=O) groups is 2. The van der Waals surface area contributed by atoms with Gasteiger partial charge in [0.05, 0.1) is 19.4 Å². The van der Waals surface area contributed by atoms with Gasteiger partial charge in [0.1, 0.15) is 22.5 Å². The average Bonchev–Trinajstić information content (AvgIpc) is 3.48. The highest BCUT2D eigenvalue weighted by atomic mass is 32.2. The van der Waals surface area contributed by atoms with E-state index in [-0.39, 0.29) is 34.3 Å². The van der Waals surface area contributed by atoms with E-state index in [9.17, 15) is 18.0 Å². The molecule has 1 fully saturated rings. The minimum Gasteiger partial charge on any atom is -0.495 e. The van der Waals surface area contributed by atoms with Gasteiger partial charge in [0.15, 0.2) is 9.84 Å². The number of hydrogen-bond acceptors (Lipinski definition) is 6. The van der Waals surface area contributed by atoms with Crippen LogP contribution in [0.15, 0.2) is 95.9 Å². The molecule has 228 valence electrons. The molecule has 0 N–H and O–H groups in total. The Kier molecular flexibility index (Phi) is 9.06. The lowest BCUT2D eigenvalue weighted by Gasteiger charge is -2.18. The lowest BCUT2D eigenvalue weighted by Crippen LogP contribution is -2.31. The van der Waals surface area contributed by atoms with Crippen LogP contribution in [0.5, 0.6) is 11.5 Å². The zero-order chi connectivity index (χ0) is 31.4. The average molecular weight is 613 g/mol. The molecule has 4 aromatic rings. The number of aryl methyl sites for hydroxylation is 1. The maximum absolute atomic E-state index is 13.7. The fourth-order valence-electron chi connectivity index (χ4n) is 5.36. The molecule has 5 rings (SSSR count). The lowest BCUT2D eigenvalue weighted by molar-refractivity contribution is 0.0771. The third-order valence-corrected chi connectivity index (χ3v) is 9.31. The first-order valence-corrected chi connectivity index (χ1v) is 16.0. The van der Waals surface area contributed by atoms with Crippen LogP contribution in [0.3, 0.4) is 0 Å². The molecule has 0 unspecified atom stereocenters. The van der Waals surface area contributed by atoms with Gasteiger partial charge in [-0.15, -0.1) is 0 Å². The van der Waals surface area contributed by atoms with Gasteiger partial charge in [-0.25, -0.2) is 8.42 Å². The third-order valence-electron chi connectivity index (χ3n) is 7.60. The normalized spacial score (nSPS) is 14.7. The molecule has 0 aliphatic carbocycles. The number of amides is 2. The van der Waals surface area contributed by atoms with Crippen molar-refractivity contribution in [2.75, 3.05) is 34.3 Å². The summed E-state index contributed by atoms with van der Waals surface area (Å²) in [5.41, 5.74) is 4.14. The van der Waals surface area contributed by atoms with E-state index in [4.69, 9.17) is 9.47 Å². The van der Waals surface area contributed by atoms with E-state index in [0.29, 0.717) is 47.5 Å². The quantitative estimate of drug-likeness (QED) is 0.243. The zero-order valence-corrected chi connectivity index (χ0v) is 26.1. The number of nitrogens with zero attached hydrogens (tertiary/aromatic N) is 2. The van der Waals surface area contributed by atoms with Gasteiger partial charge in [-0.2, -0.15) is 0 Å². The molecule has 9 heteroatoms. The number of methoxy groups -OCH3 is 1. The largest absolute Gasteiger partial charge is 0.495 e. The van der Waals surface area contributed by atoms with Crippen molar-refractivity contribution in [3.8, 4) is 22.6 Å². The molecule has 0 spiro atoms.